The molecule has 0 saturated carbocycles. The lowest BCUT2D eigenvalue weighted by Crippen LogP contribution is -2.54. The van der Waals surface area contributed by atoms with Crippen LogP contribution in [0.1, 0.15) is 29.3 Å². The monoisotopic (exact) mass is 397 g/mol. The first-order valence-corrected chi connectivity index (χ1v) is 10.5. The van der Waals surface area contributed by atoms with Gasteiger partial charge < -0.3 is 11.1 Å². The Kier molecular flexibility index (Phi) is 4.53. The number of halogens is 2. The summed E-state index contributed by atoms with van der Waals surface area (Å²) in [6.45, 7) is 1.70. The Morgan fingerprint density at radius 2 is 2.07 bits per heavy atom. The van der Waals surface area contributed by atoms with Crippen LogP contribution in [0.3, 0.4) is 0 Å². The first-order valence-electron chi connectivity index (χ1n) is 8.68. The van der Waals surface area contributed by atoms with E-state index in [0.717, 1.165) is 33.7 Å². The molecule has 2 aromatic rings. The zero-order valence-electron chi connectivity index (χ0n) is 14.8. The summed E-state index contributed by atoms with van der Waals surface area (Å²) < 4.78 is 51.7. The molecule has 3 atom stereocenters. The number of rotatable bonds is 3. The molecule has 1 fully saturated rings. The topological polar surface area (TPSA) is 93.2 Å². The summed E-state index contributed by atoms with van der Waals surface area (Å²) in [5.74, 6) is -0.964. The van der Waals surface area contributed by atoms with Crippen molar-refractivity contribution in [2.24, 2.45) is 5.73 Å². The molecule has 1 aromatic heterocycles. The van der Waals surface area contributed by atoms with E-state index in [1.54, 1.807) is 6.20 Å². The van der Waals surface area contributed by atoms with Crippen molar-refractivity contribution >= 4 is 10.0 Å². The number of piperidine rings is 1. The molecule has 7 nitrogen and oxygen atoms in total. The quantitative estimate of drug-likeness (QED) is 0.793. The maximum absolute atomic E-state index is 14.1. The maximum atomic E-state index is 14.1. The number of hydrogen-bond acceptors (Lipinski definition) is 6. The predicted molar refractivity (Wildman–Crippen MR) is 95.2 cm³/mol. The smallest absolute Gasteiger partial charge is 0.250 e. The second-order valence-corrected chi connectivity index (χ2v) is 9.09. The first kappa shape index (κ1) is 18.5. The summed E-state index contributed by atoms with van der Waals surface area (Å²) in [6, 6.07) is 2.68. The van der Waals surface area contributed by atoms with Gasteiger partial charge in [0.25, 0.3) is 10.0 Å². The summed E-state index contributed by atoms with van der Waals surface area (Å²) >= 11 is 0. The van der Waals surface area contributed by atoms with Gasteiger partial charge in [0.05, 0.1) is 18.0 Å². The third-order valence-corrected chi connectivity index (χ3v) is 6.14. The van der Waals surface area contributed by atoms with Gasteiger partial charge in [0.1, 0.15) is 11.6 Å². The van der Waals surface area contributed by atoms with E-state index in [4.69, 9.17) is 5.73 Å². The molecule has 2 aliphatic heterocycles. The summed E-state index contributed by atoms with van der Waals surface area (Å²) in [7, 11) is -3.39. The highest BCUT2D eigenvalue weighted by atomic mass is 32.2. The van der Waals surface area contributed by atoms with Crippen molar-refractivity contribution in [3.63, 3.8) is 0 Å². The molecular formula is C17H21F2N5O2S. The predicted octanol–water partition coefficient (Wildman–Crippen LogP) is 0.715. The number of nitrogens with two attached hydrogens (primary N) is 1. The normalized spacial score (nSPS) is 26.3. The average molecular weight is 397 g/mol. The van der Waals surface area contributed by atoms with Crippen LogP contribution < -0.4 is 11.1 Å². The van der Waals surface area contributed by atoms with Gasteiger partial charge in [-0.25, -0.2) is 17.2 Å². The summed E-state index contributed by atoms with van der Waals surface area (Å²) in [4.78, 5) is 2.18. The van der Waals surface area contributed by atoms with Crippen LogP contribution in [0, 0.1) is 11.6 Å². The van der Waals surface area contributed by atoms with E-state index in [1.807, 2.05) is 0 Å². The van der Waals surface area contributed by atoms with Crippen LogP contribution in [0.25, 0.3) is 0 Å². The van der Waals surface area contributed by atoms with Gasteiger partial charge in [-0.2, -0.15) is 9.19 Å². The molecule has 3 N–H and O–H groups in total. The van der Waals surface area contributed by atoms with Crippen LogP contribution in [-0.4, -0.2) is 47.4 Å². The van der Waals surface area contributed by atoms with Gasteiger partial charge in [-0.1, -0.05) is 0 Å². The van der Waals surface area contributed by atoms with Gasteiger partial charge in [0.15, 0.2) is 0 Å². The zero-order valence-corrected chi connectivity index (χ0v) is 15.6. The third kappa shape index (κ3) is 3.49. The SMILES string of the molecule is CS(=O)(=O)n1cc2c(n1)CN([C@H]1CN[C@H](c3cc(F)ccc3F)[C@@H](N)C1)C2. The standard InChI is InChI=1S/C17H21F2N5O2S/c1-27(25,26)24-8-10-7-23(9-16(10)22-24)12-5-15(20)17(21-6-12)13-4-11(18)2-3-14(13)19/h2-4,8,12,15,17,21H,5-7,9,20H2,1H3/t12-,15+,17-/m1/s1. The number of fused-ring (bicyclic) bond motifs is 1. The van der Waals surface area contributed by atoms with Gasteiger partial charge in [0.2, 0.25) is 0 Å². The van der Waals surface area contributed by atoms with Crippen LogP contribution in [0.5, 0.6) is 0 Å². The Morgan fingerprint density at radius 1 is 1.30 bits per heavy atom. The van der Waals surface area contributed by atoms with Crippen molar-refractivity contribution in [1.82, 2.24) is 19.4 Å². The Labute approximate surface area is 156 Å². The highest BCUT2D eigenvalue weighted by molar-refractivity contribution is 7.89. The Hall–Kier alpha value is -1.88. The fraction of sp³-hybridized carbons (Fsp3) is 0.471. The fourth-order valence-corrected chi connectivity index (χ4v) is 4.47. The minimum Gasteiger partial charge on any atom is -0.326 e. The molecule has 0 unspecified atom stereocenters. The second kappa shape index (κ2) is 6.62. The first-order chi connectivity index (χ1) is 12.7. The molecule has 0 amide bonds. The number of hydrogen-bond donors (Lipinski definition) is 2. The van der Waals surface area contributed by atoms with Crippen molar-refractivity contribution in [3.8, 4) is 0 Å². The van der Waals surface area contributed by atoms with Gasteiger partial charge in [0, 0.05) is 49.0 Å². The molecule has 0 bridgehead atoms. The van der Waals surface area contributed by atoms with Gasteiger partial charge in [-0.3, -0.25) is 4.90 Å². The molecule has 27 heavy (non-hydrogen) atoms. The second-order valence-electron chi connectivity index (χ2n) is 7.25. The summed E-state index contributed by atoms with van der Waals surface area (Å²) in [6.07, 6.45) is 3.28. The van der Waals surface area contributed by atoms with E-state index in [0.29, 0.717) is 26.1 Å². The van der Waals surface area contributed by atoms with Crippen molar-refractivity contribution in [3.05, 3.63) is 52.9 Å². The van der Waals surface area contributed by atoms with E-state index >= 15 is 0 Å². The van der Waals surface area contributed by atoms with Gasteiger partial charge in [-0.05, 0) is 24.6 Å². The Balaban J connectivity index is 1.44. The molecule has 0 aliphatic carbocycles. The van der Waals surface area contributed by atoms with Gasteiger partial charge >= 0.3 is 0 Å². The van der Waals surface area contributed by atoms with Crippen LogP contribution in [0.15, 0.2) is 24.4 Å². The minimum absolute atomic E-state index is 0.105. The summed E-state index contributed by atoms with van der Waals surface area (Å²) in [5.41, 5.74) is 8.14. The number of nitrogens with zero attached hydrogens (tertiary/aromatic N) is 3. The molecule has 0 radical (unpaired) electrons. The number of benzene rings is 1. The number of aromatic nitrogens is 2. The highest BCUT2D eigenvalue weighted by Crippen LogP contribution is 2.31. The molecule has 1 aromatic carbocycles. The van der Waals surface area contributed by atoms with Crippen LogP contribution in [-0.2, 0) is 23.1 Å². The summed E-state index contributed by atoms with van der Waals surface area (Å²) in [5, 5.41) is 7.39. The lowest BCUT2D eigenvalue weighted by atomic mass is 9.89. The van der Waals surface area contributed by atoms with E-state index in [9.17, 15) is 17.2 Å². The Bertz CT molecular complexity index is 954. The molecule has 10 heteroatoms. The highest BCUT2D eigenvalue weighted by Gasteiger charge is 2.36. The fourth-order valence-electron chi connectivity index (χ4n) is 3.90. The zero-order chi connectivity index (χ0) is 19.3. The van der Waals surface area contributed by atoms with E-state index in [-0.39, 0.29) is 17.6 Å². The number of nitrogens with one attached hydrogen (secondary N) is 1. The third-order valence-electron chi connectivity index (χ3n) is 5.28. The van der Waals surface area contributed by atoms with E-state index in [1.165, 1.54) is 6.07 Å². The largest absolute Gasteiger partial charge is 0.326 e. The Morgan fingerprint density at radius 3 is 2.74 bits per heavy atom. The maximum Gasteiger partial charge on any atom is 0.250 e. The molecule has 3 heterocycles. The van der Waals surface area contributed by atoms with Gasteiger partial charge in [-0.15, -0.1) is 0 Å². The van der Waals surface area contributed by atoms with Crippen LogP contribution >= 0.6 is 0 Å². The molecular weight excluding hydrogens is 376 g/mol. The molecule has 146 valence electrons. The minimum atomic E-state index is -3.39. The molecule has 4 rings (SSSR count). The van der Waals surface area contributed by atoms with Crippen molar-refractivity contribution in [2.45, 2.75) is 37.6 Å². The van der Waals surface area contributed by atoms with Crippen molar-refractivity contribution in [2.75, 3.05) is 12.8 Å². The lowest BCUT2D eigenvalue weighted by Gasteiger charge is -2.39. The molecule has 0 spiro atoms. The van der Waals surface area contributed by atoms with Crippen LogP contribution in [0.4, 0.5) is 8.78 Å². The van der Waals surface area contributed by atoms with Crippen molar-refractivity contribution in [1.29, 1.82) is 0 Å². The lowest BCUT2D eigenvalue weighted by molar-refractivity contribution is 0.137. The average Bonchev–Trinajstić information content (AvgIpc) is 3.16. The van der Waals surface area contributed by atoms with Crippen molar-refractivity contribution < 1.29 is 17.2 Å². The van der Waals surface area contributed by atoms with Crippen LogP contribution in [0.2, 0.25) is 0 Å². The van der Waals surface area contributed by atoms with E-state index < -0.39 is 27.7 Å². The van der Waals surface area contributed by atoms with E-state index in [2.05, 4.69) is 15.3 Å². The molecule has 1 saturated heterocycles. The molecule has 2 aliphatic rings.